The second-order valence-corrected chi connectivity index (χ2v) is 4.22. The first-order chi connectivity index (χ1) is 7.74. The highest BCUT2D eigenvalue weighted by Gasteiger charge is 1.98. The molecule has 0 saturated carbocycles. The first kappa shape index (κ1) is 13.0. The standard InChI is InChI=1S/C14H23NO/c1-4-5-8-15-9-10-16-14-11-12(2)6-7-13(14)3/h6-7,11,15H,4-5,8-10H2,1-3H3. The maximum atomic E-state index is 5.74. The van der Waals surface area contributed by atoms with E-state index in [9.17, 15) is 0 Å². The Kier molecular flexibility index (Phi) is 5.94. The highest BCUT2D eigenvalue weighted by Crippen LogP contribution is 2.18. The number of hydrogen-bond acceptors (Lipinski definition) is 2. The summed E-state index contributed by atoms with van der Waals surface area (Å²) in [5.74, 6) is 1.01. The van der Waals surface area contributed by atoms with E-state index in [-0.39, 0.29) is 0 Å². The van der Waals surface area contributed by atoms with Crippen LogP contribution in [0.25, 0.3) is 0 Å². The third kappa shape index (κ3) is 4.67. The average molecular weight is 221 g/mol. The highest BCUT2D eigenvalue weighted by atomic mass is 16.5. The Hall–Kier alpha value is -1.02. The molecule has 0 unspecified atom stereocenters. The summed E-state index contributed by atoms with van der Waals surface area (Å²) < 4.78 is 5.74. The van der Waals surface area contributed by atoms with Gasteiger partial charge in [-0.05, 0) is 44.0 Å². The maximum Gasteiger partial charge on any atom is 0.122 e. The first-order valence-corrected chi connectivity index (χ1v) is 6.15. The average Bonchev–Trinajstić information content (AvgIpc) is 2.28. The summed E-state index contributed by atoms with van der Waals surface area (Å²) in [7, 11) is 0. The Balaban J connectivity index is 2.23. The van der Waals surface area contributed by atoms with Gasteiger partial charge in [0.1, 0.15) is 12.4 Å². The monoisotopic (exact) mass is 221 g/mol. The van der Waals surface area contributed by atoms with Gasteiger partial charge in [-0.1, -0.05) is 25.5 Å². The Morgan fingerprint density at radius 2 is 2.00 bits per heavy atom. The molecule has 0 bridgehead atoms. The number of rotatable bonds is 7. The molecule has 2 nitrogen and oxygen atoms in total. The topological polar surface area (TPSA) is 21.3 Å². The zero-order valence-corrected chi connectivity index (χ0v) is 10.7. The summed E-state index contributed by atoms with van der Waals surface area (Å²) in [6, 6.07) is 6.32. The molecule has 0 fully saturated rings. The van der Waals surface area contributed by atoms with Gasteiger partial charge in [0.2, 0.25) is 0 Å². The van der Waals surface area contributed by atoms with Crippen molar-refractivity contribution in [2.75, 3.05) is 19.7 Å². The van der Waals surface area contributed by atoms with Crippen molar-refractivity contribution in [1.82, 2.24) is 5.32 Å². The van der Waals surface area contributed by atoms with Gasteiger partial charge in [0.15, 0.2) is 0 Å². The van der Waals surface area contributed by atoms with Crippen LogP contribution in [0.2, 0.25) is 0 Å². The van der Waals surface area contributed by atoms with Crippen molar-refractivity contribution in [3.63, 3.8) is 0 Å². The number of benzene rings is 1. The fourth-order valence-corrected chi connectivity index (χ4v) is 1.52. The van der Waals surface area contributed by atoms with Gasteiger partial charge in [0.25, 0.3) is 0 Å². The molecule has 0 aromatic heterocycles. The van der Waals surface area contributed by atoms with E-state index in [1.54, 1.807) is 0 Å². The molecule has 0 radical (unpaired) electrons. The minimum absolute atomic E-state index is 0.744. The Bertz CT molecular complexity index is 310. The summed E-state index contributed by atoms with van der Waals surface area (Å²) in [4.78, 5) is 0. The fourth-order valence-electron chi connectivity index (χ4n) is 1.52. The lowest BCUT2D eigenvalue weighted by molar-refractivity contribution is 0.311. The molecule has 1 N–H and O–H groups in total. The van der Waals surface area contributed by atoms with E-state index < -0.39 is 0 Å². The smallest absolute Gasteiger partial charge is 0.122 e. The molecule has 2 heteroatoms. The Morgan fingerprint density at radius 1 is 1.19 bits per heavy atom. The molecule has 0 atom stereocenters. The van der Waals surface area contributed by atoms with E-state index in [0.717, 1.165) is 25.4 Å². The predicted molar refractivity (Wildman–Crippen MR) is 69.2 cm³/mol. The number of hydrogen-bond donors (Lipinski definition) is 1. The van der Waals surface area contributed by atoms with Crippen LogP contribution >= 0.6 is 0 Å². The van der Waals surface area contributed by atoms with Crippen LogP contribution in [0.15, 0.2) is 18.2 Å². The summed E-state index contributed by atoms with van der Waals surface area (Å²) in [5, 5.41) is 3.37. The highest BCUT2D eigenvalue weighted by molar-refractivity contribution is 5.35. The summed E-state index contributed by atoms with van der Waals surface area (Å²) in [6.07, 6.45) is 2.48. The number of aryl methyl sites for hydroxylation is 2. The van der Waals surface area contributed by atoms with Crippen molar-refractivity contribution < 1.29 is 4.74 Å². The fraction of sp³-hybridized carbons (Fsp3) is 0.571. The van der Waals surface area contributed by atoms with Crippen molar-refractivity contribution >= 4 is 0 Å². The second-order valence-electron chi connectivity index (χ2n) is 4.22. The zero-order chi connectivity index (χ0) is 11.8. The van der Waals surface area contributed by atoms with E-state index in [1.165, 1.54) is 24.0 Å². The van der Waals surface area contributed by atoms with Gasteiger partial charge in [-0.25, -0.2) is 0 Å². The third-order valence-corrected chi connectivity index (χ3v) is 2.59. The quantitative estimate of drug-likeness (QED) is 0.714. The first-order valence-electron chi connectivity index (χ1n) is 6.15. The molecule has 16 heavy (non-hydrogen) atoms. The molecule has 1 rings (SSSR count). The van der Waals surface area contributed by atoms with Crippen molar-refractivity contribution in [1.29, 1.82) is 0 Å². The predicted octanol–water partition coefficient (Wildman–Crippen LogP) is 3.07. The van der Waals surface area contributed by atoms with E-state index in [1.807, 2.05) is 0 Å². The van der Waals surface area contributed by atoms with Crippen LogP contribution < -0.4 is 10.1 Å². The zero-order valence-electron chi connectivity index (χ0n) is 10.7. The minimum atomic E-state index is 0.744. The van der Waals surface area contributed by atoms with Crippen molar-refractivity contribution in [3.8, 4) is 5.75 Å². The van der Waals surface area contributed by atoms with Gasteiger partial charge < -0.3 is 10.1 Å². The van der Waals surface area contributed by atoms with Crippen LogP contribution in [-0.2, 0) is 0 Å². The SMILES string of the molecule is CCCCNCCOc1cc(C)ccc1C. The van der Waals surface area contributed by atoms with Gasteiger partial charge in [-0.2, -0.15) is 0 Å². The lowest BCUT2D eigenvalue weighted by Gasteiger charge is -2.10. The molecule has 0 heterocycles. The number of ether oxygens (including phenoxy) is 1. The third-order valence-electron chi connectivity index (χ3n) is 2.59. The van der Waals surface area contributed by atoms with Crippen LogP contribution in [0.1, 0.15) is 30.9 Å². The van der Waals surface area contributed by atoms with Crippen LogP contribution in [0.5, 0.6) is 5.75 Å². The van der Waals surface area contributed by atoms with E-state index in [2.05, 4.69) is 44.3 Å². The normalized spacial score (nSPS) is 10.4. The Labute approximate surface area is 99.0 Å². The molecule has 0 aliphatic rings. The van der Waals surface area contributed by atoms with Crippen LogP contribution in [0, 0.1) is 13.8 Å². The molecular weight excluding hydrogens is 198 g/mol. The number of nitrogens with one attached hydrogen (secondary N) is 1. The van der Waals surface area contributed by atoms with Gasteiger partial charge in [-0.15, -0.1) is 0 Å². The van der Waals surface area contributed by atoms with Gasteiger partial charge in [0, 0.05) is 6.54 Å². The summed E-state index contributed by atoms with van der Waals surface area (Å²) in [6.45, 7) is 9.13. The van der Waals surface area contributed by atoms with Crippen molar-refractivity contribution in [2.24, 2.45) is 0 Å². The van der Waals surface area contributed by atoms with Crippen LogP contribution in [0.3, 0.4) is 0 Å². The van der Waals surface area contributed by atoms with Crippen LogP contribution in [0.4, 0.5) is 0 Å². The largest absolute Gasteiger partial charge is 0.492 e. The summed E-state index contributed by atoms with van der Waals surface area (Å²) in [5.41, 5.74) is 2.46. The maximum absolute atomic E-state index is 5.74. The molecule has 0 saturated heterocycles. The molecule has 0 aliphatic carbocycles. The van der Waals surface area contributed by atoms with E-state index in [4.69, 9.17) is 4.74 Å². The van der Waals surface area contributed by atoms with Gasteiger partial charge in [0.05, 0.1) is 0 Å². The lowest BCUT2D eigenvalue weighted by Crippen LogP contribution is -2.22. The summed E-state index contributed by atoms with van der Waals surface area (Å²) >= 11 is 0. The molecule has 1 aromatic rings. The minimum Gasteiger partial charge on any atom is -0.492 e. The molecule has 1 aromatic carbocycles. The van der Waals surface area contributed by atoms with Crippen molar-refractivity contribution in [2.45, 2.75) is 33.6 Å². The van der Waals surface area contributed by atoms with Gasteiger partial charge in [-0.3, -0.25) is 0 Å². The van der Waals surface area contributed by atoms with Gasteiger partial charge >= 0.3 is 0 Å². The molecule has 90 valence electrons. The Morgan fingerprint density at radius 3 is 2.75 bits per heavy atom. The van der Waals surface area contributed by atoms with Crippen LogP contribution in [-0.4, -0.2) is 19.7 Å². The molecular formula is C14H23NO. The number of unbranched alkanes of at least 4 members (excludes halogenated alkanes) is 1. The second kappa shape index (κ2) is 7.29. The van der Waals surface area contributed by atoms with Crippen molar-refractivity contribution in [3.05, 3.63) is 29.3 Å². The van der Waals surface area contributed by atoms with E-state index >= 15 is 0 Å². The molecule has 0 amide bonds. The van der Waals surface area contributed by atoms with E-state index in [0.29, 0.717) is 0 Å². The lowest BCUT2D eigenvalue weighted by atomic mass is 10.1. The molecule has 0 aliphatic heterocycles. The molecule has 0 spiro atoms.